The molecule has 0 aliphatic carbocycles. The highest BCUT2D eigenvalue weighted by atomic mass is 79.9. The number of amides is 1. The molecule has 0 bridgehead atoms. The molecule has 1 aromatic carbocycles. The third-order valence-corrected chi connectivity index (χ3v) is 4.60. The van der Waals surface area contributed by atoms with Crippen LogP contribution in [-0.2, 0) is 6.42 Å². The van der Waals surface area contributed by atoms with Gasteiger partial charge in [-0.05, 0) is 34.1 Å². The number of aromatic nitrogens is 3. The molecule has 0 spiro atoms. The van der Waals surface area contributed by atoms with E-state index in [0.29, 0.717) is 18.5 Å². The lowest BCUT2D eigenvalue weighted by atomic mass is 10.2. The largest absolute Gasteiger partial charge is 0.352 e. The normalized spacial score (nSPS) is 10.6. The van der Waals surface area contributed by atoms with Gasteiger partial charge in [-0.25, -0.2) is 9.67 Å². The van der Waals surface area contributed by atoms with Crippen LogP contribution in [0.25, 0.3) is 5.13 Å². The topological polar surface area (TPSA) is 59.8 Å². The zero-order valence-corrected chi connectivity index (χ0v) is 14.0. The Morgan fingerprint density at radius 2 is 2.18 bits per heavy atom. The zero-order chi connectivity index (χ0) is 15.4. The van der Waals surface area contributed by atoms with Crippen molar-refractivity contribution in [2.45, 2.75) is 6.42 Å². The predicted octanol–water partition coefficient (Wildman–Crippen LogP) is 3.06. The molecule has 0 fully saturated rings. The summed E-state index contributed by atoms with van der Waals surface area (Å²) in [7, 11) is 0. The molecule has 0 aliphatic heterocycles. The summed E-state index contributed by atoms with van der Waals surface area (Å²) in [5.74, 6) is -0.0880. The van der Waals surface area contributed by atoms with Crippen molar-refractivity contribution >= 4 is 33.2 Å². The lowest BCUT2D eigenvalue weighted by Crippen LogP contribution is -2.26. The average Bonchev–Trinajstić information content (AvgIpc) is 3.18. The van der Waals surface area contributed by atoms with Crippen LogP contribution in [0.3, 0.4) is 0 Å². The number of halogens is 1. The molecule has 5 nitrogen and oxygen atoms in total. The number of hydrogen-bond donors (Lipinski definition) is 1. The van der Waals surface area contributed by atoms with Crippen molar-refractivity contribution in [3.8, 4) is 5.13 Å². The summed E-state index contributed by atoms with van der Waals surface area (Å²) < 4.78 is 2.52. The van der Waals surface area contributed by atoms with Gasteiger partial charge in [0.25, 0.3) is 5.91 Å². The molecule has 0 atom stereocenters. The molecular weight excluding hydrogens is 364 g/mol. The van der Waals surface area contributed by atoms with Gasteiger partial charge in [0.1, 0.15) is 0 Å². The fourth-order valence-corrected chi connectivity index (χ4v) is 3.21. The summed E-state index contributed by atoms with van der Waals surface area (Å²) in [6.45, 7) is 0.544. The zero-order valence-electron chi connectivity index (χ0n) is 11.6. The summed E-state index contributed by atoms with van der Waals surface area (Å²) in [6.07, 6.45) is 4.27. The van der Waals surface area contributed by atoms with E-state index in [9.17, 15) is 4.79 Å². The van der Waals surface area contributed by atoms with Crippen molar-refractivity contribution in [3.63, 3.8) is 0 Å². The number of hydrogen-bond acceptors (Lipinski definition) is 4. The van der Waals surface area contributed by atoms with Crippen LogP contribution in [-0.4, -0.2) is 27.2 Å². The highest BCUT2D eigenvalue weighted by Gasteiger charge is 2.09. The molecule has 22 heavy (non-hydrogen) atoms. The first-order chi connectivity index (χ1) is 10.7. The fourth-order valence-electron chi connectivity index (χ4n) is 1.94. The van der Waals surface area contributed by atoms with Crippen LogP contribution in [0.4, 0.5) is 0 Å². The highest BCUT2D eigenvalue weighted by Crippen LogP contribution is 2.16. The Balaban J connectivity index is 1.55. The molecule has 7 heteroatoms. The Morgan fingerprint density at radius 1 is 1.32 bits per heavy atom. The molecule has 0 radical (unpaired) electrons. The quantitative estimate of drug-likeness (QED) is 0.744. The van der Waals surface area contributed by atoms with E-state index in [4.69, 9.17) is 0 Å². The number of carbonyl (C=O) groups excluding carboxylic acids is 1. The molecule has 0 unspecified atom stereocenters. The minimum atomic E-state index is -0.0880. The van der Waals surface area contributed by atoms with Gasteiger partial charge >= 0.3 is 0 Å². The van der Waals surface area contributed by atoms with E-state index >= 15 is 0 Å². The lowest BCUT2D eigenvalue weighted by Gasteiger charge is -2.05. The van der Waals surface area contributed by atoms with Crippen LogP contribution in [0, 0.1) is 0 Å². The predicted molar refractivity (Wildman–Crippen MR) is 89.4 cm³/mol. The van der Waals surface area contributed by atoms with Crippen molar-refractivity contribution in [2.75, 3.05) is 6.54 Å². The van der Waals surface area contributed by atoms with Crippen LogP contribution < -0.4 is 5.32 Å². The fraction of sp³-hybridized carbons (Fsp3) is 0.133. The van der Waals surface area contributed by atoms with E-state index < -0.39 is 0 Å². The number of nitrogens with zero attached hydrogens (tertiary/aromatic N) is 3. The maximum atomic E-state index is 12.1. The van der Waals surface area contributed by atoms with E-state index in [1.807, 2.05) is 35.8 Å². The van der Waals surface area contributed by atoms with E-state index in [2.05, 4.69) is 31.3 Å². The maximum Gasteiger partial charge on any atom is 0.252 e. The van der Waals surface area contributed by atoms with Crippen molar-refractivity contribution in [2.24, 2.45) is 0 Å². The average molecular weight is 377 g/mol. The number of nitrogens with one attached hydrogen (secondary N) is 1. The summed E-state index contributed by atoms with van der Waals surface area (Å²) in [4.78, 5) is 16.6. The van der Waals surface area contributed by atoms with Crippen LogP contribution in [0.15, 0.2) is 52.6 Å². The van der Waals surface area contributed by atoms with Gasteiger partial charge in [-0.1, -0.05) is 12.1 Å². The SMILES string of the molecule is O=C(NCCc1csc(-n2cccn2)n1)c1ccccc1Br. The van der Waals surface area contributed by atoms with Crippen LogP contribution in [0.5, 0.6) is 0 Å². The van der Waals surface area contributed by atoms with E-state index in [1.54, 1.807) is 16.9 Å². The first-order valence-corrected chi connectivity index (χ1v) is 8.38. The lowest BCUT2D eigenvalue weighted by molar-refractivity contribution is 0.0953. The Bertz CT molecular complexity index is 769. The van der Waals surface area contributed by atoms with Crippen molar-refractivity contribution in [1.82, 2.24) is 20.1 Å². The van der Waals surface area contributed by atoms with Crippen LogP contribution >= 0.6 is 27.3 Å². The van der Waals surface area contributed by atoms with Gasteiger partial charge in [-0.2, -0.15) is 5.10 Å². The van der Waals surface area contributed by atoms with Gasteiger partial charge in [0.05, 0.1) is 11.3 Å². The first kappa shape index (κ1) is 14.9. The first-order valence-electron chi connectivity index (χ1n) is 6.71. The Morgan fingerprint density at radius 3 is 2.95 bits per heavy atom. The molecule has 2 heterocycles. The molecule has 0 saturated carbocycles. The highest BCUT2D eigenvalue weighted by molar-refractivity contribution is 9.10. The van der Waals surface area contributed by atoms with Crippen molar-refractivity contribution in [3.05, 3.63) is 63.8 Å². The number of thiazole rings is 1. The number of carbonyl (C=O) groups is 1. The van der Waals surface area contributed by atoms with Gasteiger partial charge in [0.2, 0.25) is 5.13 Å². The minimum absolute atomic E-state index is 0.0880. The standard InChI is InChI=1S/C15H13BrN4OS/c16-13-5-2-1-4-12(13)14(21)17-8-6-11-10-22-15(19-11)20-9-3-7-18-20/h1-5,7,9-10H,6,8H2,(H,17,21). The second kappa shape index (κ2) is 6.85. The molecule has 0 aliphatic rings. The Kier molecular flexibility index (Phi) is 4.65. The molecule has 3 aromatic rings. The van der Waals surface area contributed by atoms with E-state index in [0.717, 1.165) is 15.3 Å². The minimum Gasteiger partial charge on any atom is -0.352 e. The second-order valence-electron chi connectivity index (χ2n) is 4.56. The van der Waals surface area contributed by atoms with Gasteiger partial charge < -0.3 is 5.32 Å². The Hall–Kier alpha value is -1.99. The second-order valence-corrected chi connectivity index (χ2v) is 6.25. The van der Waals surface area contributed by atoms with Gasteiger partial charge in [-0.15, -0.1) is 11.3 Å². The number of rotatable bonds is 5. The molecular formula is C15H13BrN4OS. The summed E-state index contributed by atoms with van der Waals surface area (Å²) in [6, 6.07) is 9.23. The van der Waals surface area contributed by atoms with E-state index in [-0.39, 0.29) is 5.91 Å². The summed E-state index contributed by atoms with van der Waals surface area (Å²) >= 11 is 4.91. The van der Waals surface area contributed by atoms with Crippen molar-refractivity contribution in [1.29, 1.82) is 0 Å². The van der Waals surface area contributed by atoms with E-state index in [1.165, 1.54) is 11.3 Å². The molecule has 0 saturated heterocycles. The summed E-state index contributed by atoms with van der Waals surface area (Å²) in [5, 5.41) is 9.87. The Labute approximate surface area is 140 Å². The maximum absolute atomic E-state index is 12.1. The smallest absolute Gasteiger partial charge is 0.252 e. The third-order valence-electron chi connectivity index (χ3n) is 3.03. The third kappa shape index (κ3) is 3.42. The van der Waals surface area contributed by atoms with Gasteiger partial charge in [-0.3, -0.25) is 4.79 Å². The molecule has 2 aromatic heterocycles. The molecule has 1 N–H and O–H groups in total. The van der Waals surface area contributed by atoms with Crippen molar-refractivity contribution < 1.29 is 4.79 Å². The van der Waals surface area contributed by atoms with Crippen LogP contribution in [0.2, 0.25) is 0 Å². The monoisotopic (exact) mass is 376 g/mol. The number of benzene rings is 1. The van der Waals surface area contributed by atoms with Crippen LogP contribution in [0.1, 0.15) is 16.1 Å². The van der Waals surface area contributed by atoms with Gasteiger partial charge in [0.15, 0.2) is 0 Å². The summed E-state index contributed by atoms with van der Waals surface area (Å²) in [5.41, 5.74) is 1.58. The van der Waals surface area contributed by atoms with Gasteiger partial charge in [0, 0.05) is 35.2 Å². The molecule has 1 amide bonds. The molecule has 3 rings (SSSR count). The molecule has 112 valence electrons.